The lowest BCUT2D eigenvalue weighted by atomic mass is 10.1. The van der Waals surface area contributed by atoms with Gasteiger partial charge in [0.2, 0.25) is 0 Å². The number of hydrogen-bond donors (Lipinski definition) is 2. The van der Waals surface area contributed by atoms with Crippen LogP contribution in [0.5, 0.6) is 0 Å². The number of rotatable bonds is 3. The molecule has 25 heavy (non-hydrogen) atoms. The van der Waals surface area contributed by atoms with Gasteiger partial charge in [-0.15, -0.1) is 0 Å². The fraction of sp³-hybridized carbons (Fsp3) is 0.176. The molecule has 8 heteroatoms. The van der Waals surface area contributed by atoms with Crippen molar-refractivity contribution in [1.29, 1.82) is 10.8 Å². The predicted octanol–water partition coefficient (Wildman–Crippen LogP) is 3.58. The molecule has 2 aromatic heterocycles. The summed E-state index contributed by atoms with van der Waals surface area (Å²) in [4.78, 5) is 3.99. The van der Waals surface area contributed by atoms with E-state index in [1.54, 1.807) is 6.07 Å². The van der Waals surface area contributed by atoms with Crippen LogP contribution in [-0.4, -0.2) is 20.6 Å². The van der Waals surface area contributed by atoms with Crippen molar-refractivity contribution in [3.05, 3.63) is 63.3 Å². The van der Waals surface area contributed by atoms with Gasteiger partial charge in [0.15, 0.2) is 0 Å². The second-order valence-corrected chi connectivity index (χ2v) is 6.39. The van der Waals surface area contributed by atoms with Crippen molar-refractivity contribution in [2.45, 2.75) is 19.8 Å². The molecule has 0 aliphatic rings. The zero-order valence-corrected chi connectivity index (χ0v) is 14.9. The lowest BCUT2D eigenvalue weighted by molar-refractivity contribution is 0.570. The number of nitrogens with one attached hydrogen (secondary N) is 2. The summed E-state index contributed by atoms with van der Waals surface area (Å²) in [5.41, 5.74) is 0.628. The Balaban J connectivity index is 2.06. The van der Waals surface area contributed by atoms with E-state index in [2.05, 4.69) is 26.0 Å². The second-order valence-electron chi connectivity index (χ2n) is 5.47. The molecule has 0 amide bonds. The van der Waals surface area contributed by atoms with Crippen molar-refractivity contribution in [1.82, 2.24) is 14.8 Å². The number of halogens is 3. The Kier molecular flexibility index (Phi) is 4.71. The molecule has 0 radical (unpaired) electrons. The van der Waals surface area contributed by atoms with Gasteiger partial charge < -0.3 is 0 Å². The van der Waals surface area contributed by atoms with Crippen molar-refractivity contribution in [3.63, 3.8) is 0 Å². The van der Waals surface area contributed by atoms with E-state index in [9.17, 15) is 8.78 Å². The molecule has 0 saturated heterocycles. The number of benzene rings is 1. The van der Waals surface area contributed by atoms with E-state index >= 15 is 0 Å². The molecule has 0 spiro atoms. The molecule has 0 unspecified atom stereocenters. The molecule has 3 aromatic rings. The molecule has 0 aliphatic heterocycles. The van der Waals surface area contributed by atoms with E-state index < -0.39 is 11.6 Å². The first kappa shape index (κ1) is 17.3. The number of hydrogen-bond acceptors (Lipinski definition) is 4. The van der Waals surface area contributed by atoms with Gasteiger partial charge in [-0.2, -0.15) is 5.10 Å². The van der Waals surface area contributed by atoms with Crippen LogP contribution in [0.1, 0.15) is 18.2 Å². The zero-order chi connectivity index (χ0) is 18.1. The molecule has 1 aromatic carbocycles. The van der Waals surface area contributed by atoms with Crippen molar-refractivity contribution in [3.8, 4) is 0 Å². The SMILES string of the molecule is CCc1ccc(=N)n(C(=N)Cc2c(F)cc3ncc(Br)cc3c2F)n1. The average Bonchev–Trinajstić information content (AvgIpc) is 2.59. The Morgan fingerprint density at radius 1 is 1.28 bits per heavy atom. The standard InChI is InChI=1S/C17H14BrF2N5/c1-2-10-3-4-15(21)25(24-10)16(22)6-11-13(19)7-14-12(17(11)20)5-9(18)8-23-14/h3-5,7-8,21-22H,2,6H2,1H3. The van der Waals surface area contributed by atoms with Gasteiger partial charge in [0.1, 0.15) is 23.0 Å². The largest absolute Gasteiger partial charge is 0.286 e. The van der Waals surface area contributed by atoms with Gasteiger partial charge in [-0.05, 0) is 40.5 Å². The van der Waals surface area contributed by atoms with Crippen LogP contribution >= 0.6 is 15.9 Å². The van der Waals surface area contributed by atoms with Crippen LogP contribution in [-0.2, 0) is 12.8 Å². The summed E-state index contributed by atoms with van der Waals surface area (Å²) in [5.74, 6) is -1.71. The molecular formula is C17H14BrF2N5. The Morgan fingerprint density at radius 2 is 2.04 bits per heavy atom. The minimum atomic E-state index is -0.775. The topological polar surface area (TPSA) is 78.4 Å². The summed E-state index contributed by atoms with van der Waals surface area (Å²) >= 11 is 3.22. The molecule has 5 nitrogen and oxygen atoms in total. The summed E-state index contributed by atoms with van der Waals surface area (Å²) < 4.78 is 30.8. The Bertz CT molecular complexity index is 1050. The predicted molar refractivity (Wildman–Crippen MR) is 93.6 cm³/mol. The Labute approximate surface area is 150 Å². The molecule has 0 aliphatic carbocycles. The second kappa shape index (κ2) is 6.79. The highest BCUT2D eigenvalue weighted by Gasteiger charge is 2.17. The normalized spacial score (nSPS) is 11.0. The molecule has 2 heterocycles. The molecule has 128 valence electrons. The number of fused-ring (bicyclic) bond motifs is 1. The molecule has 0 atom stereocenters. The zero-order valence-electron chi connectivity index (χ0n) is 13.3. The maximum Gasteiger partial charge on any atom is 0.148 e. The smallest absolute Gasteiger partial charge is 0.148 e. The highest BCUT2D eigenvalue weighted by Crippen LogP contribution is 2.25. The van der Waals surface area contributed by atoms with Gasteiger partial charge in [0, 0.05) is 34.1 Å². The van der Waals surface area contributed by atoms with Gasteiger partial charge in [-0.3, -0.25) is 15.8 Å². The minimum Gasteiger partial charge on any atom is -0.286 e. The third-order valence-electron chi connectivity index (χ3n) is 3.79. The Hall–Kier alpha value is -2.48. The first-order valence-corrected chi connectivity index (χ1v) is 8.33. The van der Waals surface area contributed by atoms with Gasteiger partial charge in [-0.25, -0.2) is 13.5 Å². The Morgan fingerprint density at radius 3 is 2.76 bits per heavy atom. The van der Waals surface area contributed by atoms with Crippen LogP contribution in [0, 0.1) is 22.5 Å². The number of pyridine rings is 1. The van der Waals surface area contributed by atoms with Crippen molar-refractivity contribution in [2.75, 3.05) is 0 Å². The fourth-order valence-electron chi connectivity index (χ4n) is 2.48. The van der Waals surface area contributed by atoms with Crippen LogP contribution in [0.4, 0.5) is 8.78 Å². The van der Waals surface area contributed by atoms with E-state index in [-0.39, 0.29) is 34.2 Å². The summed E-state index contributed by atoms with van der Waals surface area (Å²) in [7, 11) is 0. The first-order chi connectivity index (χ1) is 11.9. The van der Waals surface area contributed by atoms with Gasteiger partial charge in [0.05, 0.1) is 11.2 Å². The maximum atomic E-state index is 14.8. The quantitative estimate of drug-likeness (QED) is 0.515. The van der Waals surface area contributed by atoms with Crippen LogP contribution in [0.15, 0.2) is 34.9 Å². The summed E-state index contributed by atoms with van der Waals surface area (Å²) in [6.07, 6.45) is 1.77. The van der Waals surface area contributed by atoms with Crippen LogP contribution in [0.2, 0.25) is 0 Å². The van der Waals surface area contributed by atoms with E-state index in [4.69, 9.17) is 10.8 Å². The molecule has 0 saturated carbocycles. The number of aromatic nitrogens is 3. The number of aryl methyl sites for hydroxylation is 1. The van der Waals surface area contributed by atoms with Crippen LogP contribution < -0.4 is 5.49 Å². The van der Waals surface area contributed by atoms with Crippen molar-refractivity contribution < 1.29 is 8.78 Å². The van der Waals surface area contributed by atoms with Crippen molar-refractivity contribution >= 4 is 32.7 Å². The fourth-order valence-corrected chi connectivity index (χ4v) is 2.81. The molecule has 2 N–H and O–H groups in total. The van der Waals surface area contributed by atoms with Gasteiger partial charge in [-0.1, -0.05) is 6.92 Å². The van der Waals surface area contributed by atoms with Crippen LogP contribution in [0.25, 0.3) is 10.9 Å². The lowest BCUT2D eigenvalue weighted by Crippen LogP contribution is -2.31. The molecule has 0 fully saturated rings. The third-order valence-corrected chi connectivity index (χ3v) is 4.22. The highest BCUT2D eigenvalue weighted by atomic mass is 79.9. The first-order valence-electron chi connectivity index (χ1n) is 7.54. The summed E-state index contributed by atoms with van der Waals surface area (Å²) in [6, 6.07) is 5.86. The minimum absolute atomic E-state index is 0.0202. The average molecular weight is 406 g/mol. The van der Waals surface area contributed by atoms with E-state index in [1.165, 1.54) is 18.3 Å². The van der Waals surface area contributed by atoms with Gasteiger partial charge >= 0.3 is 0 Å². The van der Waals surface area contributed by atoms with E-state index in [1.807, 2.05) is 6.92 Å². The van der Waals surface area contributed by atoms with Crippen LogP contribution in [0.3, 0.4) is 0 Å². The summed E-state index contributed by atoms with van der Waals surface area (Å²) in [5, 5.41) is 20.3. The van der Waals surface area contributed by atoms with E-state index in [0.717, 1.165) is 10.7 Å². The monoisotopic (exact) mass is 405 g/mol. The molecule has 0 bridgehead atoms. The highest BCUT2D eigenvalue weighted by molar-refractivity contribution is 9.10. The third kappa shape index (κ3) is 3.34. The lowest BCUT2D eigenvalue weighted by Gasteiger charge is -2.11. The van der Waals surface area contributed by atoms with E-state index in [0.29, 0.717) is 16.6 Å². The number of nitrogens with zero attached hydrogens (tertiary/aromatic N) is 3. The van der Waals surface area contributed by atoms with Gasteiger partial charge in [0.25, 0.3) is 0 Å². The van der Waals surface area contributed by atoms with Crippen molar-refractivity contribution in [2.24, 2.45) is 0 Å². The summed E-state index contributed by atoms with van der Waals surface area (Å²) in [6.45, 7) is 1.90. The molecule has 3 rings (SSSR count). The molecular weight excluding hydrogens is 392 g/mol. The maximum absolute atomic E-state index is 14.8.